The van der Waals surface area contributed by atoms with E-state index >= 15 is 0 Å². The average Bonchev–Trinajstić information content (AvgIpc) is 3.26. The summed E-state index contributed by atoms with van der Waals surface area (Å²) in [5.74, 6) is 0.333. The lowest BCUT2D eigenvalue weighted by molar-refractivity contribution is -0.121. The van der Waals surface area contributed by atoms with E-state index in [4.69, 9.17) is 0 Å². The normalized spacial score (nSPS) is 14.2. The number of hydrogen-bond acceptors (Lipinski definition) is 4. The van der Waals surface area contributed by atoms with Gasteiger partial charge in [0.1, 0.15) is 6.54 Å². The molecule has 1 fully saturated rings. The van der Waals surface area contributed by atoms with Gasteiger partial charge in [-0.1, -0.05) is 0 Å². The number of aromatic nitrogens is 4. The summed E-state index contributed by atoms with van der Waals surface area (Å²) < 4.78 is 2.87. The summed E-state index contributed by atoms with van der Waals surface area (Å²) in [6.07, 6.45) is 5.28. The molecule has 1 aliphatic carbocycles. The molecule has 0 aliphatic heterocycles. The standard InChI is InChI=1S/C13H15N5O2/c1-14-11(19)8-17-13(20)18(10-4-5-10)12(16-17)9-3-2-6-15-7-9/h2-3,6-7,10H,4-5,8H2,1H3,(H,14,19). The van der Waals surface area contributed by atoms with E-state index in [1.807, 2.05) is 6.07 Å². The SMILES string of the molecule is CNC(=O)Cn1nc(-c2cccnc2)n(C2CC2)c1=O. The first-order chi connectivity index (χ1) is 9.70. The van der Waals surface area contributed by atoms with Crippen molar-refractivity contribution in [2.24, 2.45) is 0 Å². The zero-order valence-corrected chi connectivity index (χ0v) is 11.1. The number of nitrogens with zero attached hydrogens (tertiary/aromatic N) is 4. The van der Waals surface area contributed by atoms with E-state index in [9.17, 15) is 9.59 Å². The molecular formula is C13H15N5O2. The summed E-state index contributed by atoms with van der Waals surface area (Å²) in [6.45, 7) is -0.0671. The molecule has 2 aromatic heterocycles. The molecule has 2 heterocycles. The Hall–Kier alpha value is -2.44. The molecule has 1 aliphatic rings. The van der Waals surface area contributed by atoms with Crippen LogP contribution in [-0.4, -0.2) is 32.3 Å². The second-order valence-corrected chi connectivity index (χ2v) is 4.78. The summed E-state index contributed by atoms with van der Waals surface area (Å²) in [5, 5.41) is 6.79. The molecule has 0 bridgehead atoms. The maximum Gasteiger partial charge on any atom is 0.346 e. The van der Waals surface area contributed by atoms with E-state index < -0.39 is 0 Å². The van der Waals surface area contributed by atoms with Crippen molar-refractivity contribution in [2.45, 2.75) is 25.4 Å². The van der Waals surface area contributed by atoms with Crippen molar-refractivity contribution in [1.29, 1.82) is 0 Å². The summed E-state index contributed by atoms with van der Waals surface area (Å²) in [4.78, 5) is 27.9. The Balaban J connectivity index is 2.07. The molecule has 0 radical (unpaired) electrons. The summed E-state index contributed by atoms with van der Waals surface area (Å²) >= 11 is 0. The maximum absolute atomic E-state index is 12.4. The Kier molecular flexibility index (Phi) is 3.09. The van der Waals surface area contributed by atoms with Crippen LogP contribution < -0.4 is 11.0 Å². The van der Waals surface area contributed by atoms with E-state index in [1.165, 1.54) is 11.7 Å². The van der Waals surface area contributed by atoms with Crippen LogP contribution in [-0.2, 0) is 11.3 Å². The lowest BCUT2D eigenvalue weighted by Crippen LogP contribution is -2.31. The van der Waals surface area contributed by atoms with Gasteiger partial charge in [0.2, 0.25) is 5.91 Å². The van der Waals surface area contributed by atoms with Crippen molar-refractivity contribution < 1.29 is 4.79 Å². The second-order valence-electron chi connectivity index (χ2n) is 4.78. The van der Waals surface area contributed by atoms with Crippen LogP contribution in [0.25, 0.3) is 11.4 Å². The zero-order chi connectivity index (χ0) is 14.1. The molecule has 3 rings (SSSR count). The first-order valence-corrected chi connectivity index (χ1v) is 6.51. The van der Waals surface area contributed by atoms with E-state index in [-0.39, 0.29) is 24.2 Å². The Labute approximate surface area is 115 Å². The molecule has 0 aromatic carbocycles. The van der Waals surface area contributed by atoms with Crippen LogP contribution >= 0.6 is 0 Å². The molecule has 1 amide bonds. The van der Waals surface area contributed by atoms with Crippen molar-refractivity contribution in [3.05, 3.63) is 35.0 Å². The predicted octanol–water partition coefficient (Wildman–Crippen LogP) is 0.188. The third-order valence-corrected chi connectivity index (χ3v) is 3.27. The highest BCUT2D eigenvalue weighted by atomic mass is 16.2. The van der Waals surface area contributed by atoms with Gasteiger partial charge in [0.05, 0.1) is 0 Å². The van der Waals surface area contributed by atoms with Crippen molar-refractivity contribution in [1.82, 2.24) is 24.6 Å². The highest BCUT2D eigenvalue weighted by Gasteiger charge is 2.30. The number of carbonyl (C=O) groups excluding carboxylic acids is 1. The van der Waals surface area contributed by atoms with Crippen LogP contribution in [0, 0.1) is 0 Å². The molecule has 7 nitrogen and oxygen atoms in total. The van der Waals surface area contributed by atoms with Crippen molar-refractivity contribution >= 4 is 5.91 Å². The molecule has 1 N–H and O–H groups in total. The molecule has 0 atom stereocenters. The molecule has 7 heteroatoms. The predicted molar refractivity (Wildman–Crippen MR) is 72.1 cm³/mol. The minimum Gasteiger partial charge on any atom is -0.358 e. The first-order valence-electron chi connectivity index (χ1n) is 6.51. The van der Waals surface area contributed by atoms with Gasteiger partial charge in [-0.15, -0.1) is 5.10 Å². The number of pyridine rings is 1. The largest absolute Gasteiger partial charge is 0.358 e. The third kappa shape index (κ3) is 2.22. The lowest BCUT2D eigenvalue weighted by Gasteiger charge is -2.02. The van der Waals surface area contributed by atoms with Crippen molar-refractivity contribution in [3.63, 3.8) is 0 Å². The molecule has 0 saturated heterocycles. The number of hydrogen-bond donors (Lipinski definition) is 1. The van der Waals surface area contributed by atoms with Crippen LogP contribution in [0.5, 0.6) is 0 Å². The number of carbonyl (C=O) groups is 1. The van der Waals surface area contributed by atoms with Crippen LogP contribution in [0.4, 0.5) is 0 Å². The van der Waals surface area contributed by atoms with Gasteiger partial charge in [-0.25, -0.2) is 9.48 Å². The lowest BCUT2D eigenvalue weighted by atomic mass is 10.3. The summed E-state index contributed by atoms with van der Waals surface area (Å²) in [5.41, 5.74) is 0.544. The highest BCUT2D eigenvalue weighted by Crippen LogP contribution is 2.36. The van der Waals surface area contributed by atoms with Gasteiger partial charge < -0.3 is 5.32 Å². The topological polar surface area (TPSA) is 81.8 Å². The molecule has 2 aromatic rings. The molecule has 20 heavy (non-hydrogen) atoms. The summed E-state index contributed by atoms with van der Waals surface area (Å²) in [7, 11) is 1.54. The van der Waals surface area contributed by atoms with E-state index in [0.29, 0.717) is 5.82 Å². The van der Waals surface area contributed by atoms with Crippen LogP contribution in [0.15, 0.2) is 29.3 Å². The zero-order valence-electron chi connectivity index (χ0n) is 11.1. The van der Waals surface area contributed by atoms with Gasteiger partial charge in [-0.2, -0.15) is 0 Å². The Morgan fingerprint density at radius 3 is 2.90 bits per heavy atom. The fraction of sp³-hybridized carbons (Fsp3) is 0.385. The quantitative estimate of drug-likeness (QED) is 0.862. The van der Waals surface area contributed by atoms with Gasteiger partial charge >= 0.3 is 5.69 Å². The Morgan fingerprint density at radius 2 is 2.30 bits per heavy atom. The Morgan fingerprint density at radius 1 is 1.50 bits per heavy atom. The number of rotatable bonds is 4. The molecule has 104 valence electrons. The second kappa shape index (κ2) is 4.92. The molecular weight excluding hydrogens is 258 g/mol. The van der Waals surface area contributed by atoms with E-state index in [1.54, 1.807) is 23.0 Å². The minimum atomic E-state index is -0.245. The Bertz CT molecular complexity index is 685. The highest BCUT2D eigenvalue weighted by molar-refractivity contribution is 5.75. The van der Waals surface area contributed by atoms with Gasteiger partial charge in [-0.3, -0.25) is 14.3 Å². The minimum absolute atomic E-state index is 0.0671. The van der Waals surface area contributed by atoms with Gasteiger partial charge in [0.25, 0.3) is 0 Å². The van der Waals surface area contributed by atoms with Crippen molar-refractivity contribution in [3.8, 4) is 11.4 Å². The first kappa shape index (κ1) is 12.6. The molecule has 1 saturated carbocycles. The fourth-order valence-electron chi connectivity index (χ4n) is 2.09. The van der Waals surface area contributed by atoms with E-state index in [0.717, 1.165) is 18.4 Å². The molecule has 0 spiro atoms. The average molecular weight is 273 g/mol. The number of likely N-dealkylation sites (N-methyl/N-ethyl adjacent to an activating group) is 1. The van der Waals surface area contributed by atoms with Crippen LogP contribution in [0.2, 0.25) is 0 Å². The van der Waals surface area contributed by atoms with Crippen LogP contribution in [0.3, 0.4) is 0 Å². The smallest absolute Gasteiger partial charge is 0.346 e. The maximum atomic E-state index is 12.4. The van der Waals surface area contributed by atoms with Gasteiger partial charge in [0.15, 0.2) is 5.82 Å². The number of nitrogens with one attached hydrogen (secondary N) is 1. The third-order valence-electron chi connectivity index (χ3n) is 3.27. The van der Waals surface area contributed by atoms with E-state index in [2.05, 4.69) is 15.4 Å². The van der Waals surface area contributed by atoms with Crippen LogP contribution in [0.1, 0.15) is 18.9 Å². The molecule has 0 unspecified atom stereocenters. The monoisotopic (exact) mass is 273 g/mol. The fourth-order valence-corrected chi connectivity index (χ4v) is 2.09. The van der Waals surface area contributed by atoms with Gasteiger partial charge in [-0.05, 0) is 25.0 Å². The van der Waals surface area contributed by atoms with Crippen molar-refractivity contribution in [2.75, 3.05) is 7.05 Å². The number of amides is 1. The van der Waals surface area contributed by atoms with Gasteiger partial charge in [0, 0.05) is 31.0 Å². The summed E-state index contributed by atoms with van der Waals surface area (Å²) in [6, 6.07) is 3.85.